The van der Waals surface area contributed by atoms with Crippen LogP contribution in [0.1, 0.15) is 30.0 Å². The molecule has 2 aromatic rings. The summed E-state index contributed by atoms with van der Waals surface area (Å²) in [5, 5.41) is 0. The summed E-state index contributed by atoms with van der Waals surface area (Å²) in [5.41, 5.74) is 1.66. The van der Waals surface area contributed by atoms with Crippen LogP contribution in [-0.2, 0) is 9.59 Å². The van der Waals surface area contributed by atoms with Crippen LogP contribution >= 0.6 is 0 Å². The van der Waals surface area contributed by atoms with E-state index in [1.165, 1.54) is 11.2 Å². The average Bonchev–Trinajstić information content (AvgIpc) is 3.41. The molecule has 9 nitrogen and oxygen atoms in total. The van der Waals surface area contributed by atoms with Gasteiger partial charge in [-0.15, -0.1) is 0 Å². The van der Waals surface area contributed by atoms with E-state index in [0.29, 0.717) is 31.9 Å². The van der Waals surface area contributed by atoms with Crippen LogP contribution in [0.4, 0.5) is 10.5 Å². The number of furan rings is 1. The molecule has 2 atom stereocenters. The van der Waals surface area contributed by atoms with E-state index in [1.807, 2.05) is 19.1 Å². The third kappa shape index (κ3) is 3.74. The van der Waals surface area contributed by atoms with Gasteiger partial charge in [0.15, 0.2) is 5.76 Å². The summed E-state index contributed by atoms with van der Waals surface area (Å²) >= 11 is 0. The Morgan fingerprint density at radius 2 is 1.62 bits per heavy atom. The lowest BCUT2D eigenvalue weighted by Gasteiger charge is -2.36. The van der Waals surface area contributed by atoms with Gasteiger partial charge in [-0.1, -0.05) is 17.7 Å². The summed E-state index contributed by atoms with van der Waals surface area (Å²) < 4.78 is 5.16. The Kier molecular flexibility index (Phi) is 5.73. The third-order valence-corrected chi connectivity index (χ3v) is 6.06. The summed E-state index contributed by atoms with van der Waals surface area (Å²) in [7, 11) is 0. The zero-order valence-corrected chi connectivity index (χ0v) is 18.4. The second-order valence-corrected chi connectivity index (χ2v) is 8.14. The highest BCUT2D eigenvalue weighted by molar-refractivity contribution is 6.16. The number of carbonyl (C=O) groups excluding carboxylic acids is 4. The molecule has 2 aliphatic rings. The first-order chi connectivity index (χ1) is 15.3. The van der Waals surface area contributed by atoms with Gasteiger partial charge in [0, 0.05) is 31.9 Å². The second-order valence-electron chi connectivity index (χ2n) is 8.14. The van der Waals surface area contributed by atoms with Crippen LogP contribution in [-0.4, -0.2) is 76.7 Å². The second kappa shape index (κ2) is 8.49. The molecule has 168 valence electrons. The first-order valence-corrected chi connectivity index (χ1v) is 10.6. The summed E-state index contributed by atoms with van der Waals surface area (Å²) in [6.07, 6.45) is 1.44. The van der Waals surface area contributed by atoms with E-state index in [9.17, 15) is 19.2 Å². The van der Waals surface area contributed by atoms with E-state index in [-0.39, 0.29) is 17.6 Å². The van der Waals surface area contributed by atoms with Gasteiger partial charge in [0.05, 0.1) is 6.26 Å². The average molecular weight is 438 g/mol. The normalized spacial score (nSPS) is 20.2. The number of imide groups is 1. The molecule has 32 heavy (non-hydrogen) atoms. The molecule has 5 amide bonds. The Morgan fingerprint density at radius 1 is 1.00 bits per heavy atom. The fraction of sp³-hybridized carbons (Fsp3) is 0.391. The molecule has 1 aromatic carbocycles. The van der Waals surface area contributed by atoms with Crippen molar-refractivity contribution in [3.05, 3.63) is 54.0 Å². The first-order valence-electron chi connectivity index (χ1n) is 10.6. The van der Waals surface area contributed by atoms with Crippen LogP contribution in [0, 0.1) is 6.92 Å². The topological polar surface area (TPSA) is 94.4 Å². The zero-order chi connectivity index (χ0) is 23.0. The number of rotatable bonds is 4. The Morgan fingerprint density at radius 3 is 2.22 bits per heavy atom. The minimum Gasteiger partial charge on any atom is -0.459 e. The van der Waals surface area contributed by atoms with Gasteiger partial charge in [-0.05, 0) is 45.0 Å². The molecular weight excluding hydrogens is 412 g/mol. The molecule has 0 spiro atoms. The number of hydrogen-bond acceptors (Lipinski definition) is 5. The van der Waals surface area contributed by atoms with Crippen LogP contribution < -0.4 is 4.90 Å². The Labute approximate surface area is 186 Å². The van der Waals surface area contributed by atoms with Gasteiger partial charge in [0.1, 0.15) is 12.1 Å². The van der Waals surface area contributed by atoms with E-state index in [2.05, 4.69) is 0 Å². The molecule has 4 rings (SSSR count). The van der Waals surface area contributed by atoms with Gasteiger partial charge in [-0.25, -0.2) is 9.69 Å². The lowest BCUT2D eigenvalue weighted by molar-refractivity contribution is -0.142. The molecule has 9 heteroatoms. The standard InChI is InChI=1S/C23H26N4O5/c1-15-6-8-18(9-7-15)26-17(3)21(29)27(23(26)31)16(2)20(28)24-10-12-25(13-11-24)22(30)19-5-4-14-32-19/h4-9,14,16-17H,10-13H2,1-3H3/t16-,17+/m1/s1. The van der Waals surface area contributed by atoms with Gasteiger partial charge < -0.3 is 14.2 Å². The largest absolute Gasteiger partial charge is 0.459 e. The zero-order valence-electron chi connectivity index (χ0n) is 18.4. The molecule has 2 fully saturated rings. The van der Waals surface area contributed by atoms with Crippen molar-refractivity contribution in [3.8, 4) is 0 Å². The lowest BCUT2D eigenvalue weighted by atomic mass is 10.2. The van der Waals surface area contributed by atoms with Crippen molar-refractivity contribution in [2.24, 2.45) is 0 Å². The van der Waals surface area contributed by atoms with E-state index < -0.39 is 24.0 Å². The number of carbonyl (C=O) groups is 4. The number of amides is 5. The quantitative estimate of drug-likeness (QED) is 0.682. The lowest BCUT2D eigenvalue weighted by Crippen LogP contribution is -2.56. The maximum absolute atomic E-state index is 13.1. The Balaban J connectivity index is 1.42. The highest BCUT2D eigenvalue weighted by Gasteiger charge is 2.48. The molecule has 0 aliphatic carbocycles. The molecule has 2 aliphatic heterocycles. The third-order valence-electron chi connectivity index (χ3n) is 6.06. The van der Waals surface area contributed by atoms with Gasteiger partial charge in [-0.2, -0.15) is 0 Å². The molecule has 1 aromatic heterocycles. The van der Waals surface area contributed by atoms with Crippen LogP contribution in [0.3, 0.4) is 0 Å². The fourth-order valence-electron chi connectivity index (χ4n) is 4.14. The van der Waals surface area contributed by atoms with E-state index in [4.69, 9.17) is 4.42 Å². The number of hydrogen-bond donors (Lipinski definition) is 0. The number of aryl methyl sites for hydroxylation is 1. The van der Waals surface area contributed by atoms with Crippen molar-refractivity contribution in [2.45, 2.75) is 32.9 Å². The van der Waals surface area contributed by atoms with E-state index in [0.717, 1.165) is 10.5 Å². The molecule has 2 saturated heterocycles. The SMILES string of the molecule is Cc1ccc(N2C(=O)N([C@H](C)C(=O)N3CCN(C(=O)c4ccco4)CC3)C(=O)[C@@H]2C)cc1. The molecule has 0 radical (unpaired) electrons. The summed E-state index contributed by atoms with van der Waals surface area (Å²) in [6, 6.07) is 8.47. The van der Waals surface area contributed by atoms with Crippen LogP contribution in [0.25, 0.3) is 0 Å². The van der Waals surface area contributed by atoms with E-state index >= 15 is 0 Å². The number of nitrogens with zero attached hydrogens (tertiary/aromatic N) is 4. The monoisotopic (exact) mass is 438 g/mol. The minimum absolute atomic E-state index is 0.220. The first kappa shape index (κ1) is 21.6. The number of piperazine rings is 1. The molecular formula is C23H26N4O5. The smallest absolute Gasteiger partial charge is 0.332 e. The van der Waals surface area contributed by atoms with Crippen LogP contribution in [0.2, 0.25) is 0 Å². The molecule has 0 unspecified atom stereocenters. The molecule has 3 heterocycles. The van der Waals surface area contributed by atoms with Crippen molar-refractivity contribution in [3.63, 3.8) is 0 Å². The van der Waals surface area contributed by atoms with Crippen molar-refractivity contribution >= 4 is 29.4 Å². The highest BCUT2D eigenvalue weighted by atomic mass is 16.3. The summed E-state index contributed by atoms with van der Waals surface area (Å²) in [5.74, 6) is -0.669. The maximum atomic E-state index is 13.1. The van der Waals surface area contributed by atoms with Gasteiger partial charge in [0.2, 0.25) is 5.91 Å². The number of benzene rings is 1. The Hall–Kier alpha value is -3.62. The van der Waals surface area contributed by atoms with Gasteiger partial charge in [-0.3, -0.25) is 19.3 Å². The summed E-state index contributed by atoms with van der Waals surface area (Å²) in [6.45, 7) is 6.53. The minimum atomic E-state index is -0.930. The van der Waals surface area contributed by atoms with Crippen molar-refractivity contribution in [1.82, 2.24) is 14.7 Å². The van der Waals surface area contributed by atoms with Crippen LogP contribution in [0.5, 0.6) is 0 Å². The Bertz CT molecular complexity index is 1030. The predicted molar refractivity (Wildman–Crippen MR) is 116 cm³/mol. The fourth-order valence-corrected chi connectivity index (χ4v) is 4.14. The highest BCUT2D eigenvalue weighted by Crippen LogP contribution is 2.28. The molecule has 0 saturated carbocycles. The van der Waals surface area contributed by atoms with Gasteiger partial charge >= 0.3 is 6.03 Å². The number of anilines is 1. The van der Waals surface area contributed by atoms with Gasteiger partial charge in [0.25, 0.3) is 11.8 Å². The molecule has 0 bridgehead atoms. The van der Waals surface area contributed by atoms with Crippen LogP contribution in [0.15, 0.2) is 47.1 Å². The van der Waals surface area contributed by atoms with Crippen molar-refractivity contribution in [2.75, 3.05) is 31.1 Å². The van der Waals surface area contributed by atoms with Crippen molar-refractivity contribution < 1.29 is 23.6 Å². The number of urea groups is 1. The predicted octanol–water partition coefficient (Wildman–Crippen LogP) is 2.12. The molecule has 0 N–H and O–H groups in total. The summed E-state index contributed by atoms with van der Waals surface area (Å²) in [4.78, 5) is 57.2. The van der Waals surface area contributed by atoms with E-state index in [1.54, 1.807) is 47.9 Å². The maximum Gasteiger partial charge on any atom is 0.332 e. The van der Waals surface area contributed by atoms with Crippen molar-refractivity contribution in [1.29, 1.82) is 0 Å².